The van der Waals surface area contributed by atoms with E-state index in [0.29, 0.717) is 0 Å². The Morgan fingerprint density at radius 3 is 1.67 bits per heavy atom. The van der Waals surface area contributed by atoms with E-state index in [0.717, 1.165) is 67.1 Å². The van der Waals surface area contributed by atoms with Gasteiger partial charge in [-0.25, -0.2) is 0 Å². The SMILES string of the molecule is CC(C)(C)c1ccc(N(c2ccc(C(C)(C)C)cc2)c2ccc(-c3cc(-c4ccccc4)cc4c3[B]c3cc(C(C)(C)C)cc5c6cc(C(C)(C)C)ccc6n-4c35)c(Nc3cccc4c3oc3ccccc34)c2)cc1. The molecule has 0 amide bonds. The summed E-state index contributed by atoms with van der Waals surface area (Å²) in [5, 5.41) is 8.83. The topological polar surface area (TPSA) is 33.3 Å². The van der Waals surface area contributed by atoms with Gasteiger partial charge >= 0.3 is 0 Å². The second-order valence-corrected chi connectivity index (χ2v) is 25.1. The van der Waals surface area contributed by atoms with E-state index in [9.17, 15) is 0 Å². The molecule has 75 heavy (non-hydrogen) atoms. The van der Waals surface area contributed by atoms with Crippen LogP contribution in [0.25, 0.3) is 71.7 Å². The van der Waals surface area contributed by atoms with Gasteiger partial charge in [0.25, 0.3) is 0 Å². The van der Waals surface area contributed by atoms with Gasteiger partial charge in [-0.15, -0.1) is 0 Å². The van der Waals surface area contributed by atoms with Crippen molar-refractivity contribution in [3.63, 3.8) is 0 Å². The first-order valence-corrected chi connectivity index (χ1v) is 26.7. The predicted molar refractivity (Wildman–Crippen MR) is 323 cm³/mol. The summed E-state index contributed by atoms with van der Waals surface area (Å²) in [4.78, 5) is 2.40. The maximum atomic E-state index is 6.75. The van der Waals surface area contributed by atoms with Crippen LogP contribution in [-0.2, 0) is 21.7 Å². The standard InChI is InChI=1S/C70H67BN3O/c1-67(2,3)45-25-30-49(31-26-45)73(50-32-27-46(28-33-50)68(4,5)6)51-34-35-52(60(42-51)72-59-23-18-22-54-53-21-16-17-24-63(53)75-66(54)59)56-37-44(43-19-14-13-15-20-43)38-62-64(56)71-58-41-48(70(10,11)12)40-57-55-39-47(69(7,8)9)29-36-61(55)74(62)65(57)58/h13-42,72H,1-12H3. The predicted octanol–water partition coefficient (Wildman–Crippen LogP) is 18.4. The van der Waals surface area contributed by atoms with Crippen LogP contribution in [0, 0.1) is 0 Å². The fourth-order valence-corrected chi connectivity index (χ4v) is 11.3. The smallest absolute Gasteiger partial charge is 0.197 e. The summed E-state index contributed by atoms with van der Waals surface area (Å²) >= 11 is 0. The molecule has 1 aliphatic rings. The van der Waals surface area contributed by atoms with E-state index in [2.05, 4.69) is 281 Å². The number of anilines is 5. The van der Waals surface area contributed by atoms with Crippen molar-refractivity contribution in [2.45, 2.75) is 105 Å². The molecule has 0 atom stereocenters. The molecule has 4 nitrogen and oxygen atoms in total. The van der Waals surface area contributed by atoms with Gasteiger partial charge in [-0.3, -0.25) is 0 Å². The van der Waals surface area contributed by atoms with E-state index in [4.69, 9.17) is 4.42 Å². The highest BCUT2D eigenvalue weighted by Crippen LogP contribution is 2.45. The van der Waals surface area contributed by atoms with Crippen LogP contribution in [0.3, 0.4) is 0 Å². The molecule has 1 aliphatic heterocycles. The zero-order valence-electron chi connectivity index (χ0n) is 45.7. The zero-order chi connectivity index (χ0) is 52.3. The normalized spacial score (nSPS) is 12.9. The molecule has 0 fully saturated rings. The first-order valence-electron chi connectivity index (χ1n) is 26.7. The highest BCUT2D eigenvalue weighted by molar-refractivity contribution is 6.73. The van der Waals surface area contributed by atoms with Crippen molar-refractivity contribution >= 4 is 90.4 Å². The van der Waals surface area contributed by atoms with Gasteiger partial charge in [-0.05, 0) is 145 Å². The quantitative estimate of drug-likeness (QED) is 0.162. The van der Waals surface area contributed by atoms with E-state index < -0.39 is 0 Å². The Balaban J connectivity index is 1.14. The van der Waals surface area contributed by atoms with Crippen molar-refractivity contribution in [3.8, 4) is 27.9 Å². The van der Waals surface area contributed by atoms with Gasteiger partial charge in [0.2, 0.25) is 0 Å². The lowest BCUT2D eigenvalue weighted by molar-refractivity contribution is 0.590. The Morgan fingerprint density at radius 1 is 0.427 bits per heavy atom. The second-order valence-electron chi connectivity index (χ2n) is 25.1. The third-order valence-corrected chi connectivity index (χ3v) is 15.6. The molecule has 0 unspecified atom stereocenters. The molecule has 11 aromatic rings. The highest BCUT2D eigenvalue weighted by atomic mass is 16.3. The molecular formula is C70H67BN3O. The highest BCUT2D eigenvalue weighted by Gasteiger charge is 2.31. The van der Waals surface area contributed by atoms with Gasteiger partial charge in [0.05, 0.1) is 11.2 Å². The molecule has 0 aliphatic carbocycles. The Morgan fingerprint density at radius 2 is 1.01 bits per heavy atom. The molecule has 0 saturated heterocycles. The maximum absolute atomic E-state index is 6.75. The molecule has 1 N–H and O–H groups in total. The Hall–Kier alpha value is -7.76. The third kappa shape index (κ3) is 8.51. The van der Waals surface area contributed by atoms with Crippen LogP contribution in [0.2, 0.25) is 0 Å². The van der Waals surface area contributed by atoms with Crippen LogP contribution < -0.4 is 21.1 Å². The van der Waals surface area contributed by atoms with Crippen LogP contribution in [0.1, 0.15) is 105 Å². The van der Waals surface area contributed by atoms with E-state index in [1.807, 2.05) is 6.07 Å². The largest absolute Gasteiger partial charge is 0.454 e. The van der Waals surface area contributed by atoms with Crippen molar-refractivity contribution in [1.29, 1.82) is 0 Å². The average Bonchev–Trinajstić information content (AvgIpc) is 3.99. The number of hydrogen-bond acceptors (Lipinski definition) is 3. The fraction of sp³-hybridized carbons (Fsp3) is 0.229. The van der Waals surface area contributed by atoms with Gasteiger partial charge in [0.1, 0.15) is 5.58 Å². The van der Waals surface area contributed by atoms with Gasteiger partial charge < -0.3 is 19.2 Å². The van der Waals surface area contributed by atoms with Crippen molar-refractivity contribution in [3.05, 3.63) is 204 Å². The number of fused-ring (bicyclic) bond motifs is 8. The number of para-hydroxylation sites is 2. The number of aromatic nitrogens is 1. The molecule has 1 radical (unpaired) electrons. The number of furan rings is 1. The molecule has 0 saturated carbocycles. The van der Waals surface area contributed by atoms with Crippen LogP contribution in [0.4, 0.5) is 28.4 Å². The maximum Gasteiger partial charge on any atom is 0.197 e. The molecule has 12 rings (SSSR count). The van der Waals surface area contributed by atoms with Crippen LogP contribution in [0.5, 0.6) is 0 Å². The van der Waals surface area contributed by atoms with Crippen LogP contribution in [0.15, 0.2) is 186 Å². The summed E-state index contributed by atoms with van der Waals surface area (Å²) in [6.45, 7) is 27.6. The number of nitrogens with zero attached hydrogens (tertiary/aromatic N) is 2. The summed E-state index contributed by atoms with van der Waals surface area (Å²) in [5.74, 6) is 0. The molecule has 2 aromatic heterocycles. The van der Waals surface area contributed by atoms with Gasteiger partial charge in [-0.1, -0.05) is 192 Å². The summed E-state index contributed by atoms with van der Waals surface area (Å²) < 4.78 is 9.31. The first kappa shape index (κ1) is 48.2. The minimum atomic E-state index is -0.0640. The van der Waals surface area contributed by atoms with E-state index in [1.165, 1.54) is 66.2 Å². The first-order chi connectivity index (χ1) is 35.7. The van der Waals surface area contributed by atoms with E-state index >= 15 is 0 Å². The lowest BCUT2D eigenvalue weighted by Gasteiger charge is -2.30. The van der Waals surface area contributed by atoms with Crippen molar-refractivity contribution in [2.75, 3.05) is 10.2 Å². The molecule has 0 bridgehead atoms. The van der Waals surface area contributed by atoms with E-state index in [1.54, 1.807) is 0 Å². The molecule has 3 heterocycles. The molecule has 371 valence electrons. The minimum absolute atomic E-state index is 0.00542. The average molecular weight is 977 g/mol. The second kappa shape index (κ2) is 17.4. The van der Waals surface area contributed by atoms with Gasteiger partial charge in [0, 0.05) is 61.1 Å². The minimum Gasteiger partial charge on any atom is -0.454 e. The molecule has 0 spiro atoms. The lowest BCUT2D eigenvalue weighted by Crippen LogP contribution is -2.38. The van der Waals surface area contributed by atoms with Gasteiger partial charge in [-0.2, -0.15) is 0 Å². The molecule has 9 aromatic carbocycles. The molecule has 5 heteroatoms. The number of hydrogen-bond donors (Lipinski definition) is 1. The monoisotopic (exact) mass is 977 g/mol. The Labute approximate surface area is 444 Å². The third-order valence-electron chi connectivity index (χ3n) is 15.6. The van der Waals surface area contributed by atoms with Crippen molar-refractivity contribution in [1.82, 2.24) is 4.57 Å². The molecular weight excluding hydrogens is 910 g/mol. The fourth-order valence-electron chi connectivity index (χ4n) is 11.3. The van der Waals surface area contributed by atoms with Crippen molar-refractivity contribution in [2.24, 2.45) is 0 Å². The lowest BCUT2D eigenvalue weighted by atomic mass is 9.58. The summed E-state index contributed by atoms with van der Waals surface area (Å²) in [5.41, 5.74) is 22.6. The summed E-state index contributed by atoms with van der Waals surface area (Å²) in [6.07, 6.45) is 0. The summed E-state index contributed by atoms with van der Waals surface area (Å²) in [6, 6.07) is 67.8. The van der Waals surface area contributed by atoms with Gasteiger partial charge in [0.15, 0.2) is 12.9 Å². The Kier molecular flexibility index (Phi) is 11.2. The van der Waals surface area contributed by atoms with Crippen LogP contribution in [-0.4, -0.2) is 11.8 Å². The number of nitrogens with one attached hydrogen (secondary N) is 1. The van der Waals surface area contributed by atoms with Crippen molar-refractivity contribution < 1.29 is 4.42 Å². The Bertz CT molecular complexity index is 3960. The zero-order valence-corrected chi connectivity index (χ0v) is 45.7. The summed E-state index contributed by atoms with van der Waals surface area (Å²) in [7, 11) is 2.47. The van der Waals surface area contributed by atoms with E-state index in [-0.39, 0.29) is 21.7 Å². The number of rotatable bonds is 7. The number of benzene rings is 9. The van der Waals surface area contributed by atoms with Crippen LogP contribution >= 0.6 is 0 Å².